The number of ether oxygens (including phenoxy) is 1. The Kier molecular flexibility index (Phi) is 5.70. The van der Waals surface area contributed by atoms with E-state index >= 15 is 0 Å². The summed E-state index contributed by atoms with van der Waals surface area (Å²) in [6.45, 7) is 14.3. The number of morpholine rings is 1. The van der Waals surface area contributed by atoms with Gasteiger partial charge in [-0.1, -0.05) is 6.42 Å². The molecule has 0 radical (unpaired) electrons. The first-order valence-corrected chi connectivity index (χ1v) is 10.1. The molecule has 6 heteroatoms. The van der Waals surface area contributed by atoms with E-state index in [1.807, 2.05) is 0 Å². The SMILES string of the molecule is Cc1nn(CCN2CCCCC2)cc1CN1CC(N2CCOCC2)C1. The van der Waals surface area contributed by atoms with Gasteiger partial charge in [0.25, 0.3) is 0 Å². The Hall–Kier alpha value is -0.950. The van der Waals surface area contributed by atoms with Crippen LogP contribution in [0.25, 0.3) is 0 Å². The number of hydrogen-bond acceptors (Lipinski definition) is 5. The summed E-state index contributed by atoms with van der Waals surface area (Å²) in [6.07, 6.45) is 6.41. The Labute approximate surface area is 151 Å². The van der Waals surface area contributed by atoms with Gasteiger partial charge in [0.2, 0.25) is 0 Å². The summed E-state index contributed by atoms with van der Waals surface area (Å²) in [5.41, 5.74) is 2.60. The van der Waals surface area contributed by atoms with Crippen LogP contribution in [0, 0.1) is 6.92 Å². The first kappa shape index (κ1) is 17.5. The molecule has 3 fully saturated rings. The average molecular weight is 348 g/mol. The van der Waals surface area contributed by atoms with Gasteiger partial charge in [-0.25, -0.2) is 0 Å². The zero-order valence-corrected chi connectivity index (χ0v) is 15.7. The maximum absolute atomic E-state index is 5.46. The molecular formula is C19H33N5O. The van der Waals surface area contributed by atoms with E-state index in [-0.39, 0.29) is 0 Å². The molecule has 0 bridgehead atoms. The van der Waals surface area contributed by atoms with Crippen LogP contribution >= 0.6 is 0 Å². The third-order valence-corrected chi connectivity index (χ3v) is 6.04. The highest BCUT2D eigenvalue weighted by molar-refractivity contribution is 5.16. The fourth-order valence-electron chi connectivity index (χ4n) is 4.34. The molecule has 0 unspecified atom stereocenters. The summed E-state index contributed by atoms with van der Waals surface area (Å²) in [6, 6.07) is 0.735. The minimum Gasteiger partial charge on any atom is -0.379 e. The van der Waals surface area contributed by atoms with Crippen LogP contribution in [0.3, 0.4) is 0 Å². The lowest BCUT2D eigenvalue weighted by atomic mass is 10.1. The van der Waals surface area contributed by atoms with Crippen LogP contribution in [0.1, 0.15) is 30.5 Å². The molecule has 0 aliphatic carbocycles. The molecule has 3 saturated heterocycles. The maximum atomic E-state index is 5.46. The third kappa shape index (κ3) is 4.42. The van der Waals surface area contributed by atoms with Crippen LogP contribution in [0.15, 0.2) is 6.20 Å². The molecule has 0 aromatic carbocycles. The molecule has 3 aliphatic rings. The zero-order chi connectivity index (χ0) is 17.1. The summed E-state index contributed by atoms with van der Waals surface area (Å²) in [7, 11) is 0. The van der Waals surface area contributed by atoms with Gasteiger partial charge in [-0.3, -0.25) is 14.5 Å². The highest BCUT2D eigenvalue weighted by Gasteiger charge is 2.32. The topological polar surface area (TPSA) is 36.8 Å². The molecular weight excluding hydrogens is 314 g/mol. The highest BCUT2D eigenvalue weighted by Crippen LogP contribution is 2.20. The number of hydrogen-bond donors (Lipinski definition) is 0. The van der Waals surface area contributed by atoms with Crippen molar-refractivity contribution >= 4 is 0 Å². The average Bonchev–Trinajstić information content (AvgIpc) is 2.97. The van der Waals surface area contributed by atoms with Crippen molar-refractivity contribution in [2.45, 2.75) is 45.3 Å². The number of piperidine rings is 1. The standard InChI is InChI=1S/C19H33N5O/c1-17-18(13-22-15-19(16-22)23-9-11-25-12-10-23)14-24(20-17)8-7-21-5-3-2-4-6-21/h14,19H,2-13,15-16H2,1H3. The minimum atomic E-state index is 0.735. The van der Waals surface area contributed by atoms with Crippen LogP contribution in [0.4, 0.5) is 0 Å². The van der Waals surface area contributed by atoms with Gasteiger partial charge >= 0.3 is 0 Å². The molecule has 4 heterocycles. The quantitative estimate of drug-likeness (QED) is 0.773. The molecule has 25 heavy (non-hydrogen) atoms. The fraction of sp³-hybridized carbons (Fsp3) is 0.842. The maximum Gasteiger partial charge on any atom is 0.0638 e. The Morgan fingerprint density at radius 2 is 1.76 bits per heavy atom. The lowest BCUT2D eigenvalue weighted by Gasteiger charge is -2.46. The monoisotopic (exact) mass is 347 g/mol. The Balaban J connectivity index is 1.22. The molecule has 0 saturated carbocycles. The molecule has 140 valence electrons. The van der Waals surface area contributed by atoms with E-state index < -0.39 is 0 Å². The highest BCUT2D eigenvalue weighted by atomic mass is 16.5. The van der Waals surface area contributed by atoms with Crippen molar-refractivity contribution in [1.29, 1.82) is 0 Å². The Morgan fingerprint density at radius 1 is 1.00 bits per heavy atom. The second-order valence-electron chi connectivity index (χ2n) is 7.90. The number of likely N-dealkylation sites (tertiary alicyclic amines) is 2. The molecule has 6 nitrogen and oxygen atoms in total. The lowest BCUT2D eigenvalue weighted by molar-refractivity contribution is -0.0344. The lowest BCUT2D eigenvalue weighted by Crippen LogP contribution is -2.60. The van der Waals surface area contributed by atoms with Crippen LogP contribution in [-0.4, -0.2) is 89.5 Å². The molecule has 4 rings (SSSR count). The Morgan fingerprint density at radius 3 is 2.52 bits per heavy atom. The molecule has 0 spiro atoms. The van der Waals surface area contributed by atoms with Crippen LogP contribution in [-0.2, 0) is 17.8 Å². The van der Waals surface area contributed by atoms with Gasteiger partial charge in [0.1, 0.15) is 0 Å². The summed E-state index contributed by atoms with van der Waals surface area (Å²) in [4.78, 5) is 7.73. The van der Waals surface area contributed by atoms with Gasteiger partial charge in [-0.2, -0.15) is 5.10 Å². The van der Waals surface area contributed by atoms with Gasteiger partial charge in [0, 0.05) is 57.1 Å². The van der Waals surface area contributed by atoms with E-state index in [9.17, 15) is 0 Å². The molecule has 0 N–H and O–H groups in total. The zero-order valence-electron chi connectivity index (χ0n) is 15.7. The van der Waals surface area contributed by atoms with E-state index in [4.69, 9.17) is 9.84 Å². The fourth-order valence-corrected chi connectivity index (χ4v) is 4.34. The van der Waals surface area contributed by atoms with Crippen molar-refractivity contribution in [3.05, 3.63) is 17.5 Å². The van der Waals surface area contributed by atoms with Crippen LogP contribution in [0.2, 0.25) is 0 Å². The van der Waals surface area contributed by atoms with E-state index in [1.165, 1.54) is 56.7 Å². The predicted molar refractivity (Wildman–Crippen MR) is 98.7 cm³/mol. The van der Waals surface area contributed by atoms with Gasteiger partial charge in [0.15, 0.2) is 0 Å². The minimum absolute atomic E-state index is 0.735. The number of aryl methyl sites for hydroxylation is 1. The van der Waals surface area contributed by atoms with Crippen molar-refractivity contribution in [2.75, 3.05) is 59.0 Å². The van der Waals surface area contributed by atoms with Gasteiger partial charge < -0.3 is 9.64 Å². The van der Waals surface area contributed by atoms with Crippen LogP contribution < -0.4 is 0 Å². The van der Waals surface area contributed by atoms with E-state index in [0.717, 1.165) is 52.0 Å². The van der Waals surface area contributed by atoms with Crippen molar-refractivity contribution in [1.82, 2.24) is 24.5 Å². The summed E-state index contributed by atoms with van der Waals surface area (Å²) < 4.78 is 7.62. The molecule has 0 atom stereocenters. The van der Waals surface area contributed by atoms with E-state index in [2.05, 4.69) is 32.5 Å². The third-order valence-electron chi connectivity index (χ3n) is 6.04. The summed E-state index contributed by atoms with van der Waals surface area (Å²) >= 11 is 0. The molecule has 0 amide bonds. The van der Waals surface area contributed by atoms with Crippen molar-refractivity contribution in [3.63, 3.8) is 0 Å². The van der Waals surface area contributed by atoms with Crippen molar-refractivity contribution < 1.29 is 4.74 Å². The molecule has 1 aromatic heterocycles. The van der Waals surface area contributed by atoms with E-state index in [0.29, 0.717) is 0 Å². The first-order chi connectivity index (χ1) is 12.3. The smallest absolute Gasteiger partial charge is 0.0638 e. The number of rotatable bonds is 6. The summed E-state index contributed by atoms with van der Waals surface area (Å²) in [5, 5.41) is 4.75. The second kappa shape index (κ2) is 8.16. The van der Waals surface area contributed by atoms with Gasteiger partial charge in [-0.05, 0) is 32.9 Å². The molecule has 1 aromatic rings. The van der Waals surface area contributed by atoms with Gasteiger partial charge in [-0.15, -0.1) is 0 Å². The second-order valence-corrected chi connectivity index (χ2v) is 7.90. The van der Waals surface area contributed by atoms with Gasteiger partial charge in [0.05, 0.1) is 25.5 Å². The van der Waals surface area contributed by atoms with Crippen LogP contribution in [0.5, 0.6) is 0 Å². The first-order valence-electron chi connectivity index (χ1n) is 10.1. The molecule has 3 aliphatic heterocycles. The normalized spacial score (nSPS) is 24.5. The number of aromatic nitrogens is 2. The predicted octanol–water partition coefficient (Wildman–Crippen LogP) is 1.19. The van der Waals surface area contributed by atoms with Crippen molar-refractivity contribution in [3.8, 4) is 0 Å². The Bertz CT molecular complexity index is 542. The largest absolute Gasteiger partial charge is 0.379 e. The van der Waals surface area contributed by atoms with Crippen molar-refractivity contribution in [2.24, 2.45) is 0 Å². The summed E-state index contributed by atoms with van der Waals surface area (Å²) in [5.74, 6) is 0. The number of nitrogens with zero attached hydrogens (tertiary/aromatic N) is 5. The van der Waals surface area contributed by atoms with E-state index in [1.54, 1.807) is 0 Å².